The third-order valence-electron chi connectivity index (χ3n) is 4.70. The van der Waals surface area contributed by atoms with Gasteiger partial charge in [0.05, 0.1) is 17.9 Å². The van der Waals surface area contributed by atoms with Gasteiger partial charge in [0.25, 0.3) is 5.91 Å². The summed E-state index contributed by atoms with van der Waals surface area (Å²) in [6.07, 6.45) is 1.33. The average molecular weight is 455 g/mol. The van der Waals surface area contributed by atoms with Gasteiger partial charge in [-0.25, -0.2) is 4.79 Å². The van der Waals surface area contributed by atoms with E-state index in [-0.39, 0.29) is 0 Å². The van der Waals surface area contributed by atoms with Gasteiger partial charge in [-0.15, -0.1) is 10.2 Å². The number of anilines is 1. The zero-order valence-corrected chi connectivity index (χ0v) is 19.3. The van der Waals surface area contributed by atoms with Crippen LogP contribution in [0.1, 0.15) is 36.5 Å². The second kappa shape index (κ2) is 10.8. The molecule has 3 rings (SSSR count). The molecule has 8 nitrogen and oxygen atoms in total. The third-order valence-corrected chi connectivity index (χ3v) is 5.33. The number of hydrogen-bond acceptors (Lipinski definition) is 7. The van der Waals surface area contributed by atoms with E-state index < -0.39 is 18.0 Å². The van der Waals surface area contributed by atoms with Crippen LogP contribution in [0.3, 0.4) is 0 Å². The summed E-state index contributed by atoms with van der Waals surface area (Å²) in [5, 5.41) is 11.8. The summed E-state index contributed by atoms with van der Waals surface area (Å²) in [5.41, 5.74) is 1.73. The minimum Gasteiger partial charge on any atom is -0.492 e. The van der Waals surface area contributed by atoms with Gasteiger partial charge in [0.1, 0.15) is 11.6 Å². The highest BCUT2D eigenvalue weighted by atomic mass is 32.2. The van der Waals surface area contributed by atoms with Crippen molar-refractivity contribution in [3.8, 4) is 11.4 Å². The molecule has 9 heteroatoms. The number of ether oxygens (including phenoxy) is 2. The van der Waals surface area contributed by atoms with Crippen molar-refractivity contribution in [1.29, 1.82) is 0 Å². The molecular weight excluding hydrogens is 428 g/mol. The van der Waals surface area contributed by atoms with Crippen LogP contribution in [-0.4, -0.2) is 45.6 Å². The molecule has 3 aromatic rings. The van der Waals surface area contributed by atoms with Crippen LogP contribution in [0.25, 0.3) is 5.69 Å². The monoisotopic (exact) mass is 454 g/mol. The lowest BCUT2D eigenvalue weighted by molar-refractivity contribution is -0.124. The van der Waals surface area contributed by atoms with E-state index in [1.165, 1.54) is 11.8 Å². The molecule has 1 unspecified atom stereocenters. The van der Waals surface area contributed by atoms with Crippen LogP contribution in [0.5, 0.6) is 5.75 Å². The Morgan fingerprint density at radius 1 is 1.09 bits per heavy atom. The molecule has 32 heavy (non-hydrogen) atoms. The van der Waals surface area contributed by atoms with Gasteiger partial charge >= 0.3 is 5.97 Å². The van der Waals surface area contributed by atoms with Crippen LogP contribution in [0.2, 0.25) is 0 Å². The Bertz CT molecular complexity index is 1080. The zero-order valence-electron chi connectivity index (χ0n) is 18.5. The molecule has 1 amide bonds. The van der Waals surface area contributed by atoms with Gasteiger partial charge in [-0.1, -0.05) is 30.8 Å². The average Bonchev–Trinajstić information content (AvgIpc) is 3.19. The molecule has 0 spiro atoms. The van der Waals surface area contributed by atoms with Gasteiger partial charge in [-0.2, -0.15) is 0 Å². The Hall–Kier alpha value is -3.33. The Morgan fingerprint density at radius 2 is 1.81 bits per heavy atom. The highest BCUT2D eigenvalue weighted by Crippen LogP contribution is 2.24. The summed E-state index contributed by atoms with van der Waals surface area (Å²) >= 11 is 1.49. The van der Waals surface area contributed by atoms with E-state index in [0.29, 0.717) is 30.0 Å². The van der Waals surface area contributed by atoms with E-state index in [2.05, 4.69) is 15.5 Å². The van der Waals surface area contributed by atoms with Crippen LogP contribution >= 0.6 is 11.8 Å². The molecule has 1 N–H and O–H groups in total. The van der Waals surface area contributed by atoms with Crippen molar-refractivity contribution in [3.05, 3.63) is 59.9 Å². The summed E-state index contributed by atoms with van der Waals surface area (Å²) in [6.45, 7) is 5.99. The molecule has 1 aromatic heterocycles. The predicted octanol–water partition coefficient (Wildman–Crippen LogP) is 4.27. The minimum absolute atomic E-state index is 0.337. The second-order valence-electron chi connectivity index (χ2n) is 6.84. The number of benzene rings is 2. The number of aromatic nitrogens is 3. The summed E-state index contributed by atoms with van der Waals surface area (Å²) in [6, 6.07) is 14.1. The van der Waals surface area contributed by atoms with E-state index >= 15 is 0 Å². The molecular formula is C23H26N4O4S. The Kier molecular flexibility index (Phi) is 7.88. The Labute approximate surface area is 191 Å². The first-order chi connectivity index (χ1) is 15.5. The molecule has 0 saturated heterocycles. The molecule has 0 bridgehead atoms. The number of rotatable bonds is 9. The van der Waals surface area contributed by atoms with Gasteiger partial charge in [-0.05, 0) is 62.9 Å². The van der Waals surface area contributed by atoms with Crippen LogP contribution in [0.4, 0.5) is 5.69 Å². The fourth-order valence-corrected chi connectivity index (χ4v) is 3.65. The van der Waals surface area contributed by atoms with E-state index in [1.807, 2.05) is 30.7 Å². The maximum atomic E-state index is 12.7. The van der Waals surface area contributed by atoms with Crippen molar-refractivity contribution < 1.29 is 19.1 Å². The van der Waals surface area contributed by atoms with Crippen LogP contribution in [0, 0.1) is 6.92 Å². The van der Waals surface area contributed by atoms with Crippen molar-refractivity contribution >= 4 is 29.3 Å². The van der Waals surface area contributed by atoms with Gasteiger partial charge in [0.15, 0.2) is 11.3 Å². The highest BCUT2D eigenvalue weighted by Gasteiger charge is 2.23. The Balaban J connectivity index is 1.70. The first-order valence-electron chi connectivity index (χ1n) is 10.3. The van der Waals surface area contributed by atoms with Crippen molar-refractivity contribution in [3.63, 3.8) is 0 Å². The maximum Gasteiger partial charge on any atom is 0.338 e. The summed E-state index contributed by atoms with van der Waals surface area (Å²) in [7, 11) is 0. The number of thioether (sulfide) groups is 1. The second-order valence-corrected chi connectivity index (χ2v) is 7.61. The largest absolute Gasteiger partial charge is 0.492 e. The molecule has 0 aliphatic rings. The summed E-state index contributed by atoms with van der Waals surface area (Å²) in [4.78, 5) is 25.4. The summed E-state index contributed by atoms with van der Waals surface area (Å²) in [5.74, 6) is 0.338. The van der Waals surface area contributed by atoms with E-state index in [1.54, 1.807) is 49.4 Å². The number of para-hydroxylation sites is 2. The number of nitrogens with one attached hydrogen (secondary N) is 1. The number of amides is 1. The molecule has 1 atom stereocenters. The minimum atomic E-state index is -0.931. The molecule has 2 aromatic carbocycles. The lowest BCUT2D eigenvalue weighted by Gasteiger charge is -2.17. The maximum absolute atomic E-state index is 12.7. The third kappa shape index (κ3) is 5.28. The van der Waals surface area contributed by atoms with Gasteiger partial charge in [0.2, 0.25) is 0 Å². The fourth-order valence-electron chi connectivity index (χ4n) is 3.10. The topological polar surface area (TPSA) is 95.3 Å². The number of esters is 1. The van der Waals surface area contributed by atoms with E-state index in [4.69, 9.17) is 9.47 Å². The van der Waals surface area contributed by atoms with Crippen molar-refractivity contribution in [2.75, 3.05) is 18.2 Å². The normalized spacial score (nSPS) is 11.6. The number of carbonyl (C=O) groups excluding carboxylic acids is 2. The molecule has 0 saturated carbocycles. The number of carbonyl (C=O) groups is 2. The zero-order chi connectivity index (χ0) is 23.1. The van der Waals surface area contributed by atoms with Crippen LogP contribution in [0.15, 0.2) is 53.7 Å². The molecule has 0 fully saturated rings. The lowest BCUT2D eigenvalue weighted by Crippen LogP contribution is -2.32. The van der Waals surface area contributed by atoms with Gasteiger partial charge in [-0.3, -0.25) is 9.36 Å². The van der Waals surface area contributed by atoms with Gasteiger partial charge < -0.3 is 14.8 Å². The molecule has 0 aliphatic carbocycles. The molecule has 1 heterocycles. The predicted molar refractivity (Wildman–Crippen MR) is 124 cm³/mol. The Morgan fingerprint density at radius 3 is 2.47 bits per heavy atom. The SMILES string of the molecule is CCOc1ccccc1NC(=O)C(CC)OC(=O)c1ccc(-n2c(C)nnc2SC)cc1. The van der Waals surface area contributed by atoms with Crippen molar-refractivity contribution in [2.24, 2.45) is 0 Å². The van der Waals surface area contributed by atoms with E-state index in [9.17, 15) is 9.59 Å². The number of nitrogens with zero attached hydrogens (tertiary/aromatic N) is 3. The first kappa shape index (κ1) is 23.3. The van der Waals surface area contributed by atoms with Gasteiger partial charge in [0, 0.05) is 5.69 Å². The van der Waals surface area contributed by atoms with Crippen LogP contribution in [-0.2, 0) is 9.53 Å². The van der Waals surface area contributed by atoms with Crippen molar-refractivity contribution in [1.82, 2.24) is 14.8 Å². The smallest absolute Gasteiger partial charge is 0.338 e. The molecule has 0 aliphatic heterocycles. The number of aryl methyl sites for hydroxylation is 1. The molecule has 168 valence electrons. The fraction of sp³-hybridized carbons (Fsp3) is 0.304. The highest BCUT2D eigenvalue weighted by molar-refractivity contribution is 7.98. The summed E-state index contributed by atoms with van der Waals surface area (Å²) < 4.78 is 12.9. The standard InChI is InChI=1S/C23H26N4O4S/c1-5-19(21(28)24-18-9-7-8-10-20(18)30-6-2)31-22(29)16-11-13-17(14-12-16)27-15(3)25-26-23(27)32-4/h7-14,19H,5-6H2,1-4H3,(H,24,28). The molecule has 0 radical (unpaired) electrons. The van der Waals surface area contributed by atoms with E-state index in [0.717, 1.165) is 16.7 Å². The van der Waals surface area contributed by atoms with Crippen LogP contribution < -0.4 is 10.1 Å². The first-order valence-corrected chi connectivity index (χ1v) is 11.5. The number of hydrogen-bond donors (Lipinski definition) is 1. The quantitative estimate of drug-likeness (QED) is 0.381. The lowest BCUT2D eigenvalue weighted by atomic mass is 10.2. The van der Waals surface area contributed by atoms with Crippen molar-refractivity contribution in [2.45, 2.75) is 38.5 Å².